The van der Waals surface area contributed by atoms with Crippen LogP contribution in [0.4, 0.5) is 0 Å². The molecule has 1 aromatic carbocycles. The molecule has 1 spiro atoms. The smallest absolute Gasteiger partial charge is 0.256 e. The highest BCUT2D eigenvalue weighted by atomic mass is 16.5. The molecule has 2 saturated heterocycles. The minimum absolute atomic E-state index is 0.0208. The first-order chi connectivity index (χ1) is 13.6. The topological polar surface area (TPSA) is 99.2 Å². The van der Waals surface area contributed by atoms with Crippen molar-refractivity contribution < 1.29 is 29.0 Å². The fraction of sp³-hybridized carbons (Fsp3) is 0.571. The molecule has 1 aromatic rings. The zero-order valence-corrected chi connectivity index (χ0v) is 17.3. The van der Waals surface area contributed by atoms with Crippen LogP contribution in [0, 0.1) is 5.41 Å². The largest absolute Gasteiger partial charge is 0.548 e. The van der Waals surface area contributed by atoms with Crippen LogP contribution in [-0.2, 0) is 14.3 Å². The van der Waals surface area contributed by atoms with E-state index in [0.29, 0.717) is 37.2 Å². The second-order valence-electron chi connectivity index (χ2n) is 8.54. The van der Waals surface area contributed by atoms with Crippen molar-refractivity contribution >= 4 is 17.8 Å². The van der Waals surface area contributed by atoms with Gasteiger partial charge in [0.15, 0.2) is 0 Å². The number of amides is 2. The molecule has 2 aliphatic rings. The molecule has 3 rings (SSSR count). The molecule has 0 saturated carbocycles. The van der Waals surface area contributed by atoms with Gasteiger partial charge in [-0.15, -0.1) is 0 Å². The quantitative estimate of drug-likeness (QED) is 0.735. The van der Waals surface area contributed by atoms with E-state index < -0.39 is 29.1 Å². The predicted molar refractivity (Wildman–Crippen MR) is 102 cm³/mol. The van der Waals surface area contributed by atoms with Crippen molar-refractivity contribution in [2.24, 2.45) is 5.41 Å². The summed E-state index contributed by atoms with van der Waals surface area (Å²) in [4.78, 5) is 40.6. The number of carboxylic acid groups (broad SMARTS) is 1. The first-order valence-electron chi connectivity index (χ1n) is 9.71. The predicted octanol–water partition coefficient (Wildman–Crippen LogP) is 0.651. The Morgan fingerprint density at radius 1 is 1.21 bits per heavy atom. The standard InChI is InChI=1S/C21H28N2O6/c1-20(2,3)19(27)22-10-8-21(9-11-22)23(16(13-29-21)18(25)26)17(24)14-6-5-7-15(12-14)28-4/h5-7,12,16H,8-11,13H2,1-4H3,(H,25,26)/p-1/t16-/m1/s1. The monoisotopic (exact) mass is 403 g/mol. The summed E-state index contributed by atoms with van der Waals surface area (Å²) in [5.41, 5.74) is -1.27. The molecule has 2 heterocycles. The summed E-state index contributed by atoms with van der Waals surface area (Å²) in [6, 6.07) is 5.38. The number of likely N-dealkylation sites (tertiary alicyclic amines) is 1. The minimum Gasteiger partial charge on any atom is -0.548 e. The molecule has 2 fully saturated rings. The van der Waals surface area contributed by atoms with Crippen LogP contribution < -0.4 is 9.84 Å². The third-order valence-electron chi connectivity index (χ3n) is 5.54. The van der Waals surface area contributed by atoms with Gasteiger partial charge in [-0.05, 0) is 18.2 Å². The van der Waals surface area contributed by atoms with E-state index in [4.69, 9.17) is 9.47 Å². The third kappa shape index (κ3) is 3.94. The van der Waals surface area contributed by atoms with E-state index in [1.807, 2.05) is 20.8 Å². The van der Waals surface area contributed by atoms with Gasteiger partial charge >= 0.3 is 0 Å². The number of carbonyl (C=O) groups excluding carboxylic acids is 3. The van der Waals surface area contributed by atoms with Crippen molar-refractivity contribution in [2.45, 2.75) is 45.4 Å². The number of hydrogen-bond donors (Lipinski definition) is 0. The maximum Gasteiger partial charge on any atom is 0.256 e. The lowest BCUT2D eigenvalue weighted by molar-refractivity contribution is -0.310. The summed E-state index contributed by atoms with van der Waals surface area (Å²) in [5.74, 6) is -1.29. The van der Waals surface area contributed by atoms with Crippen molar-refractivity contribution in [3.63, 3.8) is 0 Å². The van der Waals surface area contributed by atoms with Crippen LogP contribution >= 0.6 is 0 Å². The summed E-state index contributed by atoms with van der Waals surface area (Å²) in [7, 11) is 1.50. The highest BCUT2D eigenvalue weighted by Crippen LogP contribution is 2.39. The molecule has 0 radical (unpaired) electrons. The second-order valence-corrected chi connectivity index (χ2v) is 8.54. The Bertz CT molecular complexity index is 808. The highest BCUT2D eigenvalue weighted by Gasteiger charge is 2.52. The molecule has 0 unspecified atom stereocenters. The molecule has 158 valence electrons. The van der Waals surface area contributed by atoms with E-state index in [9.17, 15) is 19.5 Å². The Balaban J connectivity index is 1.87. The zero-order valence-electron chi connectivity index (χ0n) is 17.3. The molecule has 0 aromatic heterocycles. The molecule has 29 heavy (non-hydrogen) atoms. The van der Waals surface area contributed by atoms with E-state index in [2.05, 4.69) is 0 Å². The van der Waals surface area contributed by atoms with E-state index in [1.54, 1.807) is 29.2 Å². The Labute approximate surface area is 170 Å². The lowest BCUT2D eigenvalue weighted by atomic mass is 9.91. The van der Waals surface area contributed by atoms with Gasteiger partial charge < -0.3 is 24.3 Å². The number of ether oxygens (including phenoxy) is 2. The van der Waals surface area contributed by atoms with Crippen LogP contribution in [0.2, 0.25) is 0 Å². The molecule has 8 heteroatoms. The van der Waals surface area contributed by atoms with Crippen LogP contribution in [0.5, 0.6) is 5.75 Å². The fourth-order valence-electron chi connectivity index (χ4n) is 3.98. The van der Waals surface area contributed by atoms with Crippen LogP contribution in [0.3, 0.4) is 0 Å². The van der Waals surface area contributed by atoms with Gasteiger partial charge in [0.1, 0.15) is 11.5 Å². The Morgan fingerprint density at radius 3 is 2.41 bits per heavy atom. The maximum atomic E-state index is 13.3. The van der Waals surface area contributed by atoms with Crippen LogP contribution in [0.25, 0.3) is 0 Å². The van der Waals surface area contributed by atoms with Gasteiger partial charge in [-0.3, -0.25) is 14.5 Å². The Kier molecular flexibility index (Phi) is 5.58. The Hall–Kier alpha value is -2.61. The van der Waals surface area contributed by atoms with Crippen molar-refractivity contribution in [1.82, 2.24) is 9.80 Å². The summed E-state index contributed by atoms with van der Waals surface area (Å²) >= 11 is 0. The minimum atomic E-state index is -1.36. The van der Waals surface area contributed by atoms with Crippen molar-refractivity contribution in [3.05, 3.63) is 29.8 Å². The lowest BCUT2D eigenvalue weighted by Gasteiger charge is -2.45. The molecular weight excluding hydrogens is 376 g/mol. The molecule has 0 N–H and O–H groups in total. The number of aliphatic carboxylic acids is 1. The average Bonchev–Trinajstić information content (AvgIpc) is 3.05. The van der Waals surface area contributed by atoms with Gasteiger partial charge in [-0.2, -0.15) is 0 Å². The van der Waals surface area contributed by atoms with E-state index in [0.717, 1.165) is 0 Å². The third-order valence-corrected chi connectivity index (χ3v) is 5.54. The first-order valence-corrected chi connectivity index (χ1v) is 9.71. The lowest BCUT2D eigenvalue weighted by Crippen LogP contribution is -2.60. The van der Waals surface area contributed by atoms with E-state index in [1.165, 1.54) is 12.0 Å². The molecule has 0 bridgehead atoms. The first kappa shape index (κ1) is 21.1. The molecule has 2 amide bonds. The van der Waals surface area contributed by atoms with Crippen LogP contribution in [0.15, 0.2) is 24.3 Å². The van der Waals surface area contributed by atoms with Crippen LogP contribution in [0.1, 0.15) is 44.0 Å². The zero-order chi connectivity index (χ0) is 21.4. The number of carboxylic acids is 1. The molecule has 2 aliphatic heterocycles. The van der Waals surface area contributed by atoms with Crippen LogP contribution in [-0.4, -0.2) is 66.2 Å². The van der Waals surface area contributed by atoms with Gasteiger partial charge in [-0.1, -0.05) is 26.8 Å². The second kappa shape index (κ2) is 7.67. The maximum absolute atomic E-state index is 13.3. The van der Waals surface area contributed by atoms with Crippen molar-refractivity contribution in [2.75, 3.05) is 26.8 Å². The summed E-state index contributed by atoms with van der Waals surface area (Å²) in [6.07, 6.45) is 0.683. The number of benzene rings is 1. The number of carbonyl (C=O) groups is 3. The van der Waals surface area contributed by atoms with Gasteiger partial charge in [0.2, 0.25) is 5.91 Å². The van der Waals surface area contributed by atoms with E-state index >= 15 is 0 Å². The van der Waals surface area contributed by atoms with E-state index in [-0.39, 0.29) is 12.5 Å². The summed E-state index contributed by atoms with van der Waals surface area (Å²) in [6.45, 7) is 6.21. The number of methoxy groups -OCH3 is 1. The molecule has 0 aliphatic carbocycles. The summed E-state index contributed by atoms with van der Waals surface area (Å²) in [5, 5.41) is 11.7. The van der Waals surface area contributed by atoms with Gasteiger partial charge in [0.05, 0.1) is 25.7 Å². The normalized spacial score (nSPS) is 21.3. The molecule has 1 atom stereocenters. The SMILES string of the molecule is COc1cccc(C(=O)N2[C@@H](C(=O)[O-])COC23CCN(C(=O)C(C)(C)C)CC3)c1. The fourth-order valence-corrected chi connectivity index (χ4v) is 3.98. The van der Waals surface area contributed by atoms with Gasteiger partial charge in [0, 0.05) is 36.9 Å². The summed E-state index contributed by atoms with van der Waals surface area (Å²) < 4.78 is 11.1. The average molecular weight is 403 g/mol. The van der Waals surface area contributed by atoms with Gasteiger partial charge in [-0.25, -0.2) is 0 Å². The molecule has 8 nitrogen and oxygen atoms in total. The van der Waals surface area contributed by atoms with Crippen molar-refractivity contribution in [1.29, 1.82) is 0 Å². The number of nitrogens with zero attached hydrogens (tertiary/aromatic N) is 2. The number of hydrogen-bond acceptors (Lipinski definition) is 6. The highest BCUT2D eigenvalue weighted by molar-refractivity contribution is 5.97. The van der Waals surface area contributed by atoms with Crippen molar-refractivity contribution in [3.8, 4) is 5.75 Å². The number of piperidine rings is 1. The number of rotatable bonds is 3. The van der Waals surface area contributed by atoms with Gasteiger partial charge in [0.25, 0.3) is 5.91 Å². The molecular formula is C21H27N2O6-. The Morgan fingerprint density at radius 2 is 1.86 bits per heavy atom.